The molecule has 0 saturated heterocycles. The molecule has 5 N–H and O–H groups in total. The van der Waals surface area contributed by atoms with Crippen molar-refractivity contribution in [2.75, 3.05) is 12.3 Å². The van der Waals surface area contributed by atoms with Crippen molar-refractivity contribution in [2.24, 2.45) is 0 Å². The number of hydrogen-bond acceptors (Lipinski definition) is 6. The number of anilines is 1. The highest BCUT2D eigenvalue weighted by molar-refractivity contribution is 6.31. The summed E-state index contributed by atoms with van der Waals surface area (Å²) >= 11 is 5.68. The molecule has 0 aliphatic carbocycles. The molecule has 1 rings (SSSR count). The second-order valence-corrected chi connectivity index (χ2v) is 5.90. The Morgan fingerprint density at radius 2 is 2.14 bits per heavy atom. The minimum atomic E-state index is -1.26. The summed E-state index contributed by atoms with van der Waals surface area (Å²) in [5.74, 6) is 0. The summed E-state index contributed by atoms with van der Waals surface area (Å²) in [6, 6.07) is 1.41. The van der Waals surface area contributed by atoms with E-state index < -0.39 is 23.9 Å². The fourth-order valence-corrected chi connectivity index (χ4v) is 1.58. The first kappa shape index (κ1) is 17.5. The monoisotopic (exact) mass is 317 g/mol. The number of aliphatic hydroxyl groups excluding tert-OH is 2. The molecule has 8 heteroatoms. The van der Waals surface area contributed by atoms with E-state index in [-0.39, 0.29) is 17.4 Å². The number of nitrogen functional groups attached to an aromatic ring is 1. The average molecular weight is 318 g/mol. The summed E-state index contributed by atoms with van der Waals surface area (Å²) in [7, 11) is 0. The first-order chi connectivity index (χ1) is 9.60. The van der Waals surface area contributed by atoms with E-state index in [4.69, 9.17) is 22.1 Å². The predicted molar refractivity (Wildman–Crippen MR) is 78.9 cm³/mol. The molecule has 0 spiro atoms. The Morgan fingerprint density at radius 3 is 2.67 bits per heavy atom. The Hall–Kier alpha value is -1.57. The number of nitrogens with zero attached hydrogens (tertiary/aromatic N) is 1. The van der Waals surface area contributed by atoms with Gasteiger partial charge in [-0.1, -0.05) is 11.6 Å². The summed E-state index contributed by atoms with van der Waals surface area (Å²) in [6.07, 6.45) is -1.87. The van der Waals surface area contributed by atoms with Gasteiger partial charge in [-0.2, -0.15) is 0 Å². The van der Waals surface area contributed by atoms with Gasteiger partial charge in [0.2, 0.25) is 0 Å². The minimum absolute atomic E-state index is 0.118. The number of ether oxygens (including phenoxy) is 1. The largest absolute Gasteiger partial charge is 0.444 e. The van der Waals surface area contributed by atoms with E-state index in [2.05, 4.69) is 10.3 Å². The third kappa shape index (κ3) is 5.74. The molecule has 1 aromatic heterocycles. The zero-order chi connectivity index (χ0) is 16.2. The van der Waals surface area contributed by atoms with Gasteiger partial charge < -0.3 is 26.0 Å². The number of pyridine rings is 1. The van der Waals surface area contributed by atoms with Gasteiger partial charge >= 0.3 is 6.09 Å². The molecule has 0 radical (unpaired) electrons. The third-order valence-electron chi connectivity index (χ3n) is 2.45. The minimum Gasteiger partial charge on any atom is -0.444 e. The highest BCUT2D eigenvalue weighted by Crippen LogP contribution is 2.22. The molecule has 2 unspecified atom stereocenters. The van der Waals surface area contributed by atoms with Crippen LogP contribution in [0.2, 0.25) is 5.15 Å². The van der Waals surface area contributed by atoms with E-state index in [1.807, 2.05) is 0 Å². The van der Waals surface area contributed by atoms with Crippen molar-refractivity contribution < 1.29 is 19.7 Å². The fraction of sp³-hybridized carbons (Fsp3) is 0.538. The summed E-state index contributed by atoms with van der Waals surface area (Å²) < 4.78 is 5.02. The van der Waals surface area contributed by atoms with E-state index in [1.54, 1.807) is 20.8 Å². The second-order valence-electron chi connectivity index (χ2n) is 5.54. The smallest absolute Gasteiger partial charge is 0.407 e. The van der Waals surface area contributed by atoms with Gasteiger partial charge in [0.25, 0.3) is 0 Å². The van der Waals surface area contributed by atoms with Crippen LogP contribution in [0.25, 0.3) is 0 Å². The molecule has 0 saturated carbocycles. The lowest BCUT2D eigenvalue weighted by atomic mass is 10.1. The van der Waals surface area contributed by atoms with Crippen LogP contribution in [0.15, 0.2) is 12.3 Å². The van der Waals surface area contributed by atoms with Gasteiger partial charge in [-0.25, -0.2) is 9.78 Å². The van der Waals surface area contributed by atoms with Crippen molar-refractivity contribution in [2.45, 2.75) is 38.6 Å². The zero-order valence-corrected chi connectivity index (χ0v) is 12.9. The lowest BCUT2D eigenvalue weighted by molar-refractivity contribution is 0.0128. The highest BCUT2D eigenvalue weighted by Gasteiger charge is 2.22. The van der Waals surface area contributed by atoms with Crippen LogP contribution in [-0.2, 0) is 4.74 Å². The standard InChI is InChI=1S/C13H20ClN3O4/c1-13(2,3)21-12(20)17-6-9(18)10(19)7-4-8(15)11(14)16-5-7/h4-5,9-10,18-19H,6,15H2,1-3H3,(H,17,20). The Labute approximate surface area is 128 Å². The predicted octanol–water partition coefficient (Wildman–Crippen LogP) is 1.24. The molecule has 0 aliphatic heterocycles. The Balaban J connectivity index is 2.56. The van der Waals surface area contributed by atoms with Crippen LogP contribution in [0, 0.1) is 0 Å². The van der Waals surface area contributed by atoms with Gasteiger partial charge in [-0.05, 0) is 26.8 Å². The molecule has 0 aromatic carbocycles. The van der Waals surface area contributed by atoms with Crippen LogP contribution in [-0.4, -0.2) is 39.5 Å². The maximum absolute atomic E-state index is 11.4. The molecule has 0 aliphatic rings. The van der Waals surface area contributed by atoms with E-state index >= 15 is 0 Å². The number of halogens is 1. The molecule has 1 aromatic rings. The van der Waals surface area contributed by atoms with Gasteiger partial charge in [0.15, 0.2) is 5.15 Å². The zero-order valence-electron chi connectivity index (χ0n) is 12.1. The molecule has 1 amide bonds. The molecular weight excluding hydrogens is 298 g/mol. The molecule has 7 nitrogen and oxygen atoms in total. The lowest BCUT2D eigenvalue weighted by Gasteiger charge is -2.22. The van der Waals surface area contributed by atoms with Crippen molar-refractivity contribution >= 4 is 23.4 Å². The Bertz CT molecular complexity index is 505. The van der Waals surface area contributed by atoms with Crippen molar-refractivity contribution in [1.82, 2.24) is 10.3 Å². The average Bonchev–Trinajstić information content (AvgIpc) is 2.36. The molecular formula is C13H20ClN3O4. The van der Waals surface area contributed by atoms with E-state index in [1.165, 1.54) is 12.3 Å². The normalized spacial score (nSPS) is 14.4. The number of nitrogens with one attached hydrogen (secondary N) is 1. The summed E-state index contributed by atoms with van der Waals surface area (Å²) in [5, 5.41) is 22.3. The SMILES string of the molecule is CC(C)(C)OC(=O)NCC(O)C(O)c1cnc(Cl)c(N)c1. The van der Waals surface area contributed by atoms with Gasteiger partial charge in [0, 0.05) is 18.3 Å². The number of carbonyl (C=O) groups excluding carboxylic acids is 1. The summed E-state index contributed by atoms with van der Waals surface area (Å²) in [5.41, 5.74) is 5.43. The molecule has 0 fully saturated rings. The third-order valence-corrected chi connectivity index (χ3v) is 2.76. The fourth-order valence-electron chi connectivity index (χ4n) is 1.48. The number of rotatable bonds is 4. The quantitative estimate of drug-likeness (QED) is 0.620. The Morgan fingerprint density at radius 1 is 1.52 bits per heavy atom. The number of carbonyl (C=O) groups is 1. The first-order valence-electron chi connectivity index (χ1n) is 6.34. The van der Waals surface area contributed by atoms with Crippen LogP contribution in [0.5, 0.6) is 0 Å². The maximum atomic E-state index is 11.4. The molecule has 21 heavy (non-hydrogen) atoms. The van der Waals surface area contributed by atoms with Crippen LogP contribution in [0.1, 0.15) is 32.4 Å². The van der Waals surface area contributed by atoms with Crippen LogP contribution in [0.4, 0.5) is 10.5 Å². The molecule has 2 atom stereocenters. The van der Waals surface area contributed by atoms with Crippen LogP contribution < -0.4 is 11.1 Å². The van der Waals surface area contributed by atoms with Crippen molar-refractivity contribution in [1.29, 1.82) is 0 Å². The number of nitrogens with two attached hydrogens (primary N) is 1. The van der Waals surface area contributed by atoms with Crippen molar-refractivity contribution in [3.63, 3.8) is 0 Å². The highest BCUT2D eigenvalue weighted by atomic mass is 35.5. The van der Waals surface area contributed by atoms with Gasteiger partial charge in [-0.3, -0.25) is 0 Å². The molecule has 0 bridgehead atoms. The second kappa shape index (κ2) is 6.93. The summed E-state index contributed by atoms with van der Waals surface area (Å²) in [6.45, 7) is 4.98. The number of alkyl carbamates (subject to hydrolysis) is 1. The maximum Gasteiger partial charge on any atom is 0.407 e. The number of amides is 1. The number of aromatic nitrogens is 1. The molecule has 1 heterocycles. The van der Waals surface area contributed by atoms with Crippen LogP contribution in [0.3, 0.4) is 0 Å². The van der Waals surface area contributed by atoms with Gasteiger partial charge in [0.05, 0.1) is 5.69 Å². The lowest BCUT2D eigenvalue weighted by Crippen LogP contribution is -2.38. The van der Waals surface area contributed by atoms with Gasteiger partial charge in [0.1, 0.15) is 17.8 Å². The van der Waals surface area contributed by atoms with E-state index in [9.17, 15) is 15.0 Å². The number of hydrogen-bond donors (Lipinski definition) is 4. The van der Waals surface area contributed by atoms with Crippen molar-refractivity contribution in [3.05, 3.63) is 23.0 Å². The Kier molecular flexibility index (Phi) is 5.77. The topological polar surface area (TPSA) is 118 Å². The van der Waals surface area contributed by atoms with E-state index in [0.717, 1.165) is 0 Å². The molecule has 118 valence electrons. The van der Waals surface area contributed by atoms with E-state index in [0.29, 0.717) is 5.56 Å². The van der Waals surface area contributed by atoms with Crippen molar-refractivity contribution in [3.8, 4) is 0 Å². The first-order valence-corrected chi connectivity index (χ1v) is 6.72. The number of aliphatic hydroxyl groups is 2. The van der Waals surface area contributed by atoms with Crippen LogP contribution >= 0.6 is 11.6 Å². The summed E-state index contributed by atoms with van der Waals surface area (Å²) in [4.78, 5) is 15.2. The van der Waals surface area contributed by atoms with Gasteiger partial charge in [-0.15, -0.1) is 0 Å².